The molecule has 2 heterocycles. The second-order valence-electron chi connectivity index (χ2n) is 7.63. The minimum atomic E-state index is 0.560. The third-order valence-electron chi connectivity index (χ3n) is 5.10. The van der Waals surface area contributed by atoms with Crippen molar-refractivity contribution in [2.75, 3.05) is 33.2 Å². The van der Waals surface area contributed by atoms with Gasteiger partial charge in [0.05, 0.1) is 6.20 Å². The average molecular weight is 349 g/mol. The number of rotatable bonds is 7. The monoisotopic (exact) mass is 348 g/mol. The van der Waals surface area contributed by atoms with Gasteiger partial charge in [-0.2, -0.15) is 5.10 Å². The Morgan fingerprint density at radius 3 is 2.64 bits per heavy atom. The van der Waals surface area contributed by atoms with Crippen molar-refractivity contribution < 1.29 is 0 Å². The van der Waals surface area contributed by atoms with Gasteiger partial charge < -0.3 is 10.2 Å². The molecular formula is C19H36N6. The first-order valence-electron chi connectivity index (χ1n) is 9.62. The largest absolute Gasteiger partial charge is 0.356 e. The van der Waals surface area contributed by atoms with Gasteiger partial charge in [-0.05, 0) is 46.1 Å². The van der Waals surface area contributed by atoms with Crippen LogP contribution in [0.2, 0.25) is 0 Å². The van der Waals surface area contributed by atoms with Gasteiger partial charge in [0.25, 0.3) is 0 Å². The van der Waals surface area contributed by atoms with Crippen LogP contribution in [-0.2, 0) is 7.05 Å². The number of hydrogen-bond donors (Lipinski definition) is 1. The van der Waals surface area contributed by atoms with E-state index in [1.165, 1.54) is 12.0 Å². The molecule has 1 fully saturated rings. The number of likely N-dealkylation sites (tertiary alicyclic amines) is 1. The lowest BCUT2D eigenvalue weighted by molar-refractivity contribution is 0.173. The van der Waals surface area contributed by atoms with E-state index in [1.807, 2.05) is 25.0 Å². The Bertz CT molecular complexity index is 540. The highest BCUT2D eigenvalue weighted by Crippen LogP contribution is 2.26. The molecule has 1 aliphatic rings. The van der Waals surface area contributed by atoms with Gasteiger partial charge in [-0.15, -0.1) is 0 Å². The first-order valence-corrected chi connectivity index (χ1v) is 9.62. The molecule has 25 heavy (non-hydrogen) atoms. The Balaban J connectivity index is 1.77. The second-order valence-corrected chi connectivity index (χ2v) is 7.63. The predicted octanol–water partition coefficient (Wildman–Crippen LogP) is 2.29. The molecule has 0 saturated carbocycles. The molecule has 6 nitrogen and oxygen atoms in total. The molecule has 142 valence electrons. The highest BCUT2D eigenvalue weighted by molar-refractivity contribution is 5.80. The summed E-state index contributed by atoms with van der Waals surface area (Å²) in [5.74, 6) is 1.59. The van der Waals surface area contributed by atoms with Crippen LogP contribution in [0.1, 0.15) is 52.0 Å². The van der Waals surface area contributed by atoms with E-state index in [1.54, 1.807) is 0 Å². The molecule has 6 heteroatoms. The number of nitrogens with zero attached hydrogens (tertiary/aromatic N) is 5. The molecule has 1 N–H and O–H groups in total. The van der Waals surface area contributed by atoms with Crippen molar-refractivity contribution in [3.05, 3.63) is 18.0 Å². The van der Waals surface area contributed by atoms with Gasteiger partial charge in [-0.1, -0.05) is 0 Å². The van der Waals surface area contributed by atoms with Gasteiger partial charge in [-0.25, -0.2) is 0 Å². The van der Waals surface area contributed by atoms with E-state index in [9.17, 15) is 0 Å². The molecule has 0 amide bonds. The second kappa shape index (κ2) is 9.22. The zero-order valence-corrected chi connectivity index (χ0v) is 16.9. The molecule has 0 aromatic carbocycles. The van der Waals surface area contributed by atoms with Gasteiger partial charge >= 0.3 is 0 Å². The third-order valence-corrected chi connectivity index (χ3v) is 5.10. The lowest BCUT2D eigenvalue weighted by atomic mass is 10.0. The van der Waals surface area contributed by atoms with Crippen LogP contribution in [0.5, 0.6) is 0 Å². The zero-order valence-electron chi connectivity index (χ0n) is 16.9. The van der Waals surface area contributed by atoms with Gasteiger partial charge in [-0.3, -0.25) is 14.6 Å². The van der Waals surface area contributed by atoms with E-state index in [0.29, 0.717) is 18.0 Å². The summed E-state index contributed by atoms with van der Waals surface area (Å²) < 4.78 is 1.89. The van der Waals surface area contributed by atoms with Gasteiger partial charge in [0, 0.05) is 64.5 Å². The van der Waals surface area contributed by atoms with Gasteiger partial charge in [0.1, 0.15) is 0 Å². The lowest BCUT2D eigenvalue weighted by Gasteiger charge is -2.30. The predicted molar refractivity (Wildman–Crippen MR) is 105 cm³/mol. The highest BCUT2D eigenvalue weighted by atomic mass is 15.3. The molecule has 1 aromatic rings. The summed E-state index contributed by atoms with van der Waals surface area (Å²) in [6, 6.07) is 1.19. The minimum absolute atomic E-state index is 0.560. The third kappa shape index (κ3) is 5.46. The van der Waals surface area contributed by atoms with E-state index in [4.69, 9.17) is 0 Å². The fourth-order valence-corrected chi connectivity index (χ4v) is 3.78. The lowest BCUT2D eigenvalue weighted by Crippen LogP contribution is -2.42. The smallest absolute Gasteiger partial charge is 0.193 e. The zero-order chi connectivity index (χ0) is 18.4. The fourth-order valence-electron chi connectivity index (χ4n) is 3.78. The van der Waals surface area contributed by atoms with Gasteiger partial charge in [0.2, 0.25) is 0 Å². The van der Waals surface area contributed by atoms with Crippen LogP contribution in [-0.4, -0.2) is 70.9 Å². The molecule has 0 radical (unpaired) electrons. The molecule has 0 bridgehead atoms. The quantitative estimate of drug-likeness (QED) is 0.467. The number of aromatic nitrogens is 2. The van der Waals surface area contributed by atoms with Crippen LogP contribution < -0.4 is 5.32 Å². The number of aryl methyl sites for hydroxylation is 1. The summed E-state index contributed by atoms with van der Waals surface area (Å²) in [5.41, 5.74) is 1.34. The van der Waals surface area contributed by atoms with Crippen LogP contribution in [0.3, 0.4) is 0 Å². The Morgan fingerprint density at radius 2 is 2.08 bits per heavy atom. The topological polar surface area (TPSA) is 48.7 Å². The van der Waals surface area contributed by atoms with E-state index in [2.05, 4.69) is 59.1 Å². The summed E-state index contributed by atoms with van der Waals surface area (Å²) in [7, 11) is 3.86. The van der Waals surface area contributed by atoms with Crippen molar-refractivity contribution in [2.24, 2.45) is 12.0 Å². The summed E-state index contributed by atoms with van der Waals surface area (Å²) in [4.78, 5) is 9.40. The Morgan fingerprint density at radius 1 is 1.36 bits per heavy atom. The summed E-state index contributed by atoms with van der Waals surface area (Å²) in [5, 5.41) is 7.85. The van der Waals surface area contributed by atoms with E-state index < -0.39 is 0 Å². The maximum Gasteiger partial charge on any atom is 0.193 e. The number of aliphatic imine (C=N–C) groups is 1. The average Bonchev–Trinajstić information content (AvgIpc) is 3.19. The molecule has 1 aromatic heterocycles. The maximum absolute atomic E-state index is 4.49. The number of hydrogen-bond acceptors (Lipinski definition) is 3. The van der Waals surface area contributed by atoms with Gasteiger partial charge in [0.15, 0.2) is 5.96 Å². The van der Waals surface area contributed by atoms with Crippen molar-refractivity contribution in [3.63, 3.8) is 0 Å². The molecule has 1 unspecified atom stereocenters. The fraction of sp³-hybridized carbons (Fsp3) is 0.789. The summed E-state index contributed by atoms with van der Waals surface area (Å²) in [6.07, 6.45) is 6.43. The molecule has 1 saturated heterocycles. The summed E-state index contributed by atoms with van der Waals surface area (Å²) in [6.45, 7) is 13.3. The van der Waals surface area contributed by atoms with E-state index in [-0.39, 0.29) is 0 Å². The van der Waals surface area contributed by atoms with Crippen molar-refractivity contribution in [1.29, 1.82) is 0 Å². The normalized spacial score (nSPS) is 18.8. The van der Waals surface area contributed by atoms with E-state index in [0.717, 1.165) is 38.6 Å². The standard InChI is InChI=1S/C19H36N6/c1-15(2)25(16(3)4)10-7-9-21-19(20-5)24-11-8-17(14-24)18-12-22-23(6)13-18/h12-13,15-17H,7-11,14H2,1-6H3,(H,20,21). The van der Waals surface area contributed by atoms with Crippen molar-refractivity contribution in [2.45, 2.75) is 58.5 Å². The van der Waals surface area contributed by atoms with E-state index >= 15 is 0 Å². The van der Waals surface area contributed by atoms with Crippen molar-refractivity contribution in [3.8, 4) is 0 Å². The van der Waals surface area contributed by atoms with Crippen LogP contribution in [0, 0.1) is 0 Å². The minimum Gasteiger partial charge on any atom is -0.356 e. The molecule has 1 aliphatic heterocycles. The highest BCUT2D eigenvalue weighted by Gasteiger charge is 2.26. The summed E-state index contributed by atoms with van der Waals surface area (Å²) >= 11 is 0. The molecule has 0 aliphatic carbocycles. The first-order chi connectivity index (χ1) is 11.9. The molecule has 0 spiro atoms. The van der Waals surface area contributed by atoms with Crippen LogP contribution in [0.25, 0.3) is 0 Å². The SMILES string of the molecule is CN=C(NCCCN(C(C)C)C(C)C)N1CCC(c2cnn(C)c2)C1. The maximum atomic E-state index is 4.49. The van der Waals surface area contributed by atoms with Crippen LogP contribution in [0.15, 0.2) is 17.4 Å². The Labute approximate surface area is 153 Å². The number of nitrogens with one attached hydrogen (secondary N) is 1. The molecular weight excluding hydrogens is 312 g/mol. The first kappa shape index (κ1) is 19.8. The number of guanidine groups is 1. The van der Waals surface area contributed by atoms with Crippen molar-refractivity contribution in [1.82, 2.24) is 24.9 Å². The Hall–Kier alpha value is -1.56. The molecule has 2 rings (SSSR count). The van der Waals surface area contributed by atoms with Crippen LogP contribution >= 0.6 is 0 Å². The van der Waals surface area contributed by atoms with Crippen LogP contribution in [0.4, 0.5) is 0 Å². The molecule has 1 atom stereocenters. The Kier molecular flexibility index (Phi) is 7.29. The van der Waals surface area contributed by atoms with Crippen molar-refractivity contribution >= 4 is 5.96 Å².